The maximum atomic E-state index is 3.88. The fraction of sp³-hybridized carbons (Fsp3) is 0.800. The van der Waals surface area contributed by atoms with Crippen LogP contribution in [0, 0.1) is 0 Å². The molecule has 1 N–H and O–H groups in total. The summed E-state index contributed by atoms with van der Waals surface area (Å²) in [5, 5.41) is 3.30. The van der Waals surface area contributed by atoms with Crippen molar-refractivity contribution < 1.29 is 0 Å². The lowest BCUT2D eigenvalue weighted by molar-refractivity contribution is 0.491. The Morgan fingerprint density at radius 2 is 2.18 bits per heavy atom. The Balaban J connectivity index is 3.28. The molecule has 66 valence electrons. The van der Waals surface area contributed by atoms with Gasteiger partial charge in [0, 0.05) is 6.04 Å². The van der Waals surface area contributed by atoms with Gasteiger partial charge in [0.25, 0.3) is 0 Å². The zero-order chi connectivity index (χ0) is 8.69. The van der Waals surface area contributed by atoms with Gasteiger partial charge in [0.05, 0.1) is 0 Å². The third kappa shape index (κ3) is 6.11. The van der Waals surface area contributed by atoms with E-state index >= 15 is 0 Å². The highest BCUT2D eigenvalue weighted by Gasteiger charge is 2.00. The standard InChI is InChI=1S/C10H21N/c1-5-10(11-4)8-6-7-9(2)3/h10-11H,2,5-8H2,1,3-4H3. The molecule has 11 heavy (non-hydrogen) atoms. The van der Waals surface area contributed by atoms with Gasteiger partial charge in [-0.15, -0.1) is 6.58 Å². The number of hydrogen-bond acceptors (Lipinski definition) is 1. The second kappa shape index (κ2) is 6.41. The zero-order valence-electron chi connectivity index (χ0n) is 8.11. The van der Waals surface area contributed by atoms with Gasteiger partial charge in [-0.2, -0.15) is 0 Å². The van der Waals surface area contributed by atoms with E-state index in [9.17, 15) is 0 Å². The predicted octanol–water partition coefficient (Wildman–Crippen LogP) is 2.73. The quantitative estimate of drug-likeness (QED) is 0.582. The average molecular weight is 155 g/mol. The van der Waals surface area contributed by atoms with Crippen molar-refractivity contribution in [3.8, 4) is 0 Å². The second-order valence-electron chi connectivity index (χ2n) is 3.24. The molecule has 1 heteroatoms. The van der Waals surface area contributed by atoms with Gasteiger partial charge in [-0.1, -0.05) is 12.5 Å². The molecule has 0 aromatic heterocycles. The predicted molar refractivity (Wildman–Crippen MR) is 51.8 cm³/mol. The van der Waals surface area contributed by atoms with Crippen LogP contribution in [0.25, 0.3) is 0 Å². The minimum atomic E-state index is 0.703. The van der Waals surface area contributed by atoms with E-state index < -0.39 is 0 Å². The first-order valence-electron chi connectivity index (χ1n) is 4.52. The van der Waals surface area contributed by atoms with Crippen molar-refractivity contribution in [2.75, 3.05) is 7.05 Å². The van der Waals surface area contributed by atoms with Crippen molar-refractivity contribution in [3.63, 3.8) is 0 Å². The average Bonchev–Trinajstić information content (AvgIpc) is 1.98. The van der Waals surface area contributed by atoms with Crippen molar-refractivity contribution >= 4 is 0 Å². The lowest BCUT2D eigenvalue weighted by Gasteiger charge is -2.12. The molecular weight excluding hydrogens is 134 g/mol. The summed E-state index contributed by atoms with van der Waals surface area (Å²) in [5.74, 6) is 0. The first kappa shape index (κ1) is 10.7. The summed E-state index contributed by atoms with van der Waals surface area (Å²) in [6.45, 7) is 8.20. The minimum absolute atomic E-state index is 0.703. The van der Waals surface area contributed by atoms with Crippen LogP contribution in [0.4, 0.5) is 0 Å². The topological polar surface area (TPSA) is 12.0 Å². The Hall–Kier alpha value is -0.300. The summed E-state index contributed by atoms with van der Waals surface area (Å²) in [5.41, 5.74) is 1.30. The summed E-state index contributed by atoms with van der Waals surface area (Å²) in [6.07, 6.45) is 4.96. The molecule has 0 saturated carbocycles. The molecule has 0 rings (SSSR count). The number of nitrogens with one attached hydrogen (secondary N) is 1. The molecule has 1 nitrogen and oxygen atoms in total. The molecule has 0 aliphatic carbocycles. The van der Waals surface area contributed by atoms with E-state index in [1.54, 1.807) is 0 Å². The van der Waals surface area contributed by atoms with Crippen LogP contribution in [-0.2, 0) is 0 Å². The summed E-state index contributed by atoms with van der Waals surface area (Å²) >= 11 is 0. The molecule has 0 aliphatic rings. The van der Waals surface area contributed by atoms with Gasteiger partial charge in [-0.25, -0.2) is 0 Å². The molecule has 0 aromatic rings. The fourth-order valence-corrected chi connectivity index (χ4v) is 1.20. The lowest BCUT2D eigenvalue weighted by Crippen LogP contribution is -2.23. The smallest absolute Gasteiger partial charge is 0.00615 e. The molecule has 0 amide bonds. The van der Waals surface area contributed by atoms with E-state index in [2.05, 4.69) is 25.7 Å². The van der Waals surface area contributed by atoms with E-state index in [4.69, 9.17) is 0 Å². The highest BCUT2D eigenvalue weighted by Crippen LogP contribution is 2.07. The Bertz CT molecular complexity index is 103. The van der Waals surface area contributed by atoms with Crippen LogP contribution in [0.3, 0.4) is 0 Å². The van der Waals surface area contributed by atoms with Gasteiger partial charge in [-0.3, -0.25) is 0 Å². The van der Waals surface area contributed by atoms with Crippen LogP contribution in [0.15, 0.2) is 12.2 Å². The minimum Gasteiger partial charge on any atom is -0.317 e. The van der Waals surface area contributed by atoms with Crippen LogP contribution in [0.5, 0.6) is 0 Å². The monoisotopic (exact) mass is 155 g/mol. The maximum Gasteiger partial charge on any atom is 0.00615 e. The van der Waals surface area contributed by atoms with Crippen molar-refractivity contribution in [2.24, 2.45) is 0 Å². The van der Waals surface area contributed by atoms with E-state index in [1.807, 2.05) is 7.05 Å². The van der Waals surface area contributed by atoms with Gasteiger partial charge in [-0.05, 0) is 39.7 Å². The van der Waals surface area contributed by atoms with Gasteiger partial charge in [0.1, 0.15) is 0 Å². The molecular formula is C10H21N. The molecule has 0 aromatic carbocycles. The van der Waals surface area contributed by atoms with Crippen molar-refractivity contribution in [1.29, 1.82) is 0 Å². The van der Waals surface area contributed by atoms with Crippen LogP contribution in [-0.4, -0.2) is 13.1 Å². The molecule has 0 radical (unpaired) electrons. The lowest BCUT2D eigenvalue weighted by atomic mass is 10.1. The van der Waals surface area contributed by atoms with Crippen LogP contribution < -0.4 is 5.32 Å². The molecule has 0 heterocycles. The van der Waals surface area contributed by atoms with E-state index in [0.717, 1.165) is 0 Å². The number of hydrogen-bond donors (Lipinski definition) is 1. The summed E-state index contributed by atoms with van der Waals surface area (Å²) in [6, 6.07) is 0.703. The van der Waals surface area contributed by atoms with Crippen molar-refractivity contribution in [3.05, 3.63) is 12.2 Å². The second-order valence-corrected chi connectivity index (χ2v) is 3.24. The zero-order valence-corrected chi connectivity index (χ0v) is 8.11. The summed E-state index contributed by atoms with van der Waals surface area (Å²) in [7, 11) is 2.04. The number of allylic oxidation sites excluding steroid dienone is 1. The Kier molecular flexibility index (Phi) is 6.24. The highest BCUT2D eigenvalue weighted by molar-refractivity contribution is 4.87. The van der Waals surface area contributed by atoms with Crippen LogP contribution in [0.1, 0.15) is 39.5 Å². The van der Waals surface area contributed by atoms with Gasteiger partial charge in [0.2, 0.25) is 0 Å². The normalized spacial score (nSPS) is 13.0. The van der Waals surface area contributed by atoms with Gasteiger partial charge in [0.15, 0.2) is 0 Å². The SMILES string of the molecule is C=C(C)CCCC(CC)NC. The Morgan fingerprint density at radius 1 is 1.55 bits per heavy atom. The van der Waals surface area contributed by atoms with Crippen LogP contribution in [0.2, 0.25) is 0 Å². The molecule has 1 atom stereocenters. The Labute approximate surface area is 70.9 Å². The molecule has 1 unspecified atom stereocenters. The van der Waals surface area contributed by atoms with E-state index in [-0.39, 0.29) is 0 Å². The van der Waals surface area contributed by atoms with E-state index in [1.165, 1.54) is 31.3 Å². The molecule has 0 bridgehead atoms. The summed E-state index contributed by atoms with van der Waals surface area (Å²) in [4.78, 5) is 0. The first-order chi connectivity index (χ1) is 5.20. The third-order valence-electron chi connectivity index (χ3n) is 2.06. The largest absolute Gasteiger partial charge is 0.317 e. The number of rotatable bonds is 6. The van der Waals surface area contributed by atoms with Crippen molar-refractivity contribution in [2.45, 2.75) is 45.6 Å². The molecule has 0 fully saturated rings. The Morgan fingerprint density at radius 3 is 2.55 bits per heavy atom. The fourth-order valence-electron chi connectivity index (χ4n) is 1.20. The maximum absolute atomic E-state index is 3.88. The van der Waals surface area contributed by atoms with Gasteiger partial charge >= 0.3 is 0 Å². The highest BCUT2D eigenvalue weighted by atomic mass is 14.9. The van der Waals surface area contributed by atoms with Gasteiger partial charge < -0.3 is 5.32 Å². The van der Waals surface area contributed by atoms with E-state index in [0.29, 0.717) is 6.04 Å². The molecule has 0 spiro atoms. The van der Waals surface area contributed by atoms with Crippen molar-refractivity contribution in [1.82, 2.24) is 5.32 Å². The molecule has 0 saturated heterocycles. The van der Waals surface area contributed by atoms with Crippen LogP contribution >= 0.6 is 0 Å². The third-order valence-corrected chi connectivity index (χ3v) is 2.06. The summed E-state index contributed by atoms with van der Waals surface area (Å²) < 4.78 is 0. The first-order valence-corrected chi connectivity index (χ1v) is 4.52. The molecule has 0 aliphatic heterocycles.